The van der Waals surface area contributed by atoms with E-state index in [2.05, 4.69) is 64.7 Å². The highest BCUT2D eigenvalue weighted by Gasteiger charge is 2.24. The molecule has 0 amide bonds. The summed E-state index contributed by atoms with van der Waals surface area (Å²) >= 11 is 1.77. The normalized spacial score (nSPS) is 18.0. The number of benzene rings is 1. The van der Waals surface area contributed by atoms with E-state index in [0.717, 1.165) is 38.6 Å². The Morgan fingerprint density at radius 1 is 1.30 bits per heavy atom. The van der Waals surface area contributed by atoms with Gasteiger partial charge in [0.2, 0.25) is 0 Å². The minimum Gasteiger partial charge on any atom is -0.357 e. The first-order valence-electron chi connectivity index (χ1n) is 9.96. The van der Waals surface area contributed by atoms with E-state index in [-0.39, 0.29) is 0 Å². The third-order valence-corrected chi connectivity index (χ3v) is 5.80. The fraction of sp³-hybridized carbons (Fsp3) is 0.524. The molecule has 1 aromatic carbocycles. The van der Waals surface area contributed by atoms with Gasteiger partial charge in [0.25, 0.3) is 0 Å². The van der Waals surface area contributed by atoms with Crippen molar-refractivity contribution in [2.75, 3.05) is 26.2 Å². The van der Waals surface area contributed by atoms with Gasteiger partial charge < -0.3 is 10.6 Å². The summed E-state index contributed by atoms with van der Waals surface area (Å²) in [5.74, 6) is 0.914. The Kier molecular flexibility index (Phi) is 7.66. The lowest BCUT2D eigenvalue weighted by Gasteiger charge is -2.23. The van der Waals surface area contributed by atoms with Gasteiger partial charge in [0.05, 0.1) is 11.6 Å². The van der Waals surface area contributed by atoms with Crippen LogP contribution in [0.25, 0.3) is 0 Å². The number of hydrogen-bond donors (Lipinski definition) is 2. The molecule has 2 N–H and O–H groups in total. The maximum absolute atomic E-state index is 4.86. The molecule has 1 aliphatic rings. The van der Waals surface area contributed by atoms with Crippen molar-refractivity contribution in [2.24, 2.45) is 4.99 Å². The van der Waals surface area contributed by atoms with Gasteiger partial charge in [-0.05, 0) is 38.8 Å². The summed E-state index contributed by atoms with van der Waals surface area (Å²) in [4.78, 5) is 13.1. The molecule has 27 heavy (non-hydrogen) atoms. The first-order chi connectivity index (χ1) is 13.2. The van der Waals surface area contributed by atoms with Crippen molar-refractivity contribution >= 4 is 17.3 Å². The lowest BCUT2D eigenvalue weighted by molar-refractivity contribution is 0.250. The predicted octanol–water partition coefficient (Wildman–Crippen LogP) is 3.21. The van der Waals surface area contributed by atoms with E-state index in [9.17, 15) is 0 Å². The molecule has 0 radical (unpaired) electrons. The molecule has 1 aliphatic heterocycles. The molecular weight excluding hydrogens is 354 g/mol. The summed E-state index contributed by atoms with van der Waals surface area (Å²) in [6.07, 6.45) is 5.38. The van der Waals surface area contributed by atoms with Crippen molar-refractivity contribution in [3.63, 3.8) is 0 Å². The van der Waals surface area contributed by atoms with Gasteiger partial charge in [0.1, 0.15) is 0 Å². The van der Waals surface area contributed by atoms with Gasteiger partial charge in [-0.25, -0.2) is 4.98 Å². The molecule has 1 saturated heterocycles. The summed E-state index contributed by atoms with van der Waals surface area (Å²) in [5, 5.41) is 8.00. The van der Waals surface area contributed by atoms with Crippen LogP contribution in [0.5, 0.6) is 0 Å². The van der Waals surface area contributed by atoms with Crippen LogP contribution in [0.1, 0.15) is 35.2 Å². The maximum atomic E-state index is 4.86. The van der Waals surface area contributed by atoms with Crippen LogP contribution in [-0.2, 0) is 13.0 Å². The average Bonchev–Trinajstić information content (AvgIpc) is 3.29. The number of aliphatic imine (C=N–C) groups is 1. The van der Waals surface area contributed by atoms with Crippen molar-refractivity contribution in [3.05, 3.63) is 52.0 Å². The van der Waals surface area contributed by atoms with Crippen LogP contribution in [-0.4, -0.2) is 48.1 Å². The first kappa shape index (κ1) is 19.8. The second-order valence-electron chi connectivity index (χ2n) is 7.01. The van der Waals surface area contributed by atoms with Crippen molar-refractivity contribution < 1.29 is 0 Å². The van der Waals surface area contributed by atoms with Gasteiger partial charge in [-0.1, -0.05) is 30.3 Å². The Balaban J connectivity index is 1.50. The summed E-state index contributed by atoms with van der Waals surface area (Å²) in [6.45, 7) is 8.98. The Bertz CT molecular complexity index is 712. The molecule has 1 unspecified atom stereocenters. The highest BCUT2D eigenvalue weighted by molar-refractivity contribution is 7.11. The maximum Gasteiger partial charge on any atom is 0.191 e. The highest BCUT2D eigenvalue weighted by Crippen LogP contribution is 2.20. The molecule has 1 fully saturated rings. The Hall–Kier alpha value is -1.92. The van der Waals surface area contributed by atoms with E-state index in [1.54, 1.807) is 11.3 Å². The van der Waals surface area contributed by atoms with Crippen LogP contribution in [0.3, 0.4) is 0 Å². The van der Waals surface area contributed by atoms with Gasteiger partial charge >= 0.3 is 0 Å². The summed E-state index contributed by atoms with van der Waals surface area (Å²) < 4.78 is 0. The zero-order chi connectivity index (χ0) is 18.9. The minimum absolute atomic E-state index is 0.530. The van der Waals surface area contributed by atoms with E-state index >= 15 is 0 Å². The molecule has 6 heteroatoms. The number of nitrogens with zero attached hydrogens (tertiary/aromatic N) is 3. The zero-order valence-corrected chi connectivity index (χ0v) is 17.3. The van der Waals surface area contributed by atoms with Crippen LogP contribution in [0.4, 0.5) is 0 Å². The molecule has 0 bridgehead atoms. The van der Waals surface area contributed by atoms with Gasteiger partial charge in [0, 0.05) is 43.2 Å². The van der Waals surface area contributed by atoms with E-state index in [1.165, 1.54) is 34.8 Å². The van der Waals surface area contributed by atoms with Crippen LogP contribution in [0, 0.1) is 6.92 Å². The fourth-order valence-corrected chi connectivity index (χ4v) is 4.26. The van der Waals surface area contributed by atoms with Crippen molar-refractivity contribution in [3.8, 4) is 0 Å². The summed E-state index contributed by atoms with van der Waals surface area (Å²) in [5.41, 5.74) is 1.39. The topological polar surface area (TPSA) is 52.6 Å². The molecule has 0 spiro atoms. The molecule has 2 heterocycles. The number of aromatic nitrogens is 1. The minimum atomic E-state index is 0.530. The van der Waals surface area contributed by atoms with Gasteiger partial charge in [-0.3, -0.25) is 9.89 Å². The van der Waals surface area contributed by atoms with Crippen molar-refractivity contribution in [2.45, 2.75) is 45.7 Å². The molecule has 3 rings (SSSR count). The number of guanidine groups is 1. The predicted molar refractivity (Wildman–Crippen MR) is 114 cm³/mol. The highest BCUT2D eigenvalue weighted by atomic mass is 32.1. The Labute approximate surface area is 166 Å². The quantitative estimate of drug-likeness (QED) is 0.541. The number of thiazole rings is 1. The third kappa shape index (κ3) is 6.33. The number of aryl methyl sites for hydroxylation is 1. The van der Waals surface area contributed by atoms with Gasteiger partial charge in [-0.2, -0.15) is 0 Å². The standard InChI is InChI=1S/C21H31N5S/c1-3-22-21(23-12-11-20-24-14-17(2)27-20)25-15-19-10-7-13-26(19)16-18-8-5-4-6-9-18/h4-6,8-9,14,19H,3,7,10-13,15-16H2,1-2H3,(H2,22,23,25). The van der Waals surface area contributed by atoms with Crippen LogP contribution < -0.4 is 10.6 Å². The first-order valence-corrected chi connectivity index (χ1v) is 10.8. The molecule has 1 atom stereocenters. The van der Waals surface area contributed by atoms with E-state index in [1.807, 2.05) is 6.20 Å². The molecule has 5 nitrogen and oxygen atoms in total. The molecular formula is C21H31N5S. The summed E-state index contributed by atoms with van der Waals surface area (Å²) in [7, 11) is 0. The lowest BCUT2D eigenvalue weighted by Crippen LogP contribution is -2.40. The fourth-order valence-electron chi connectivity index (χ4n) is 3.47. The van der Waals surface area contributed by atoms with Crippen LogP contribution >= 0.6 is 11.3 Å². The number of hydrogen-bond acceptors (Lipinski definition) is 4. The van der Waals surface area contributed by atoms with Crippen molar-refractivity contribution in [1.82, 2.24) is 20.5 Å². The van der Waals surface area contributed by atoms with Crippen LogP contribution in [0.2, 0.25) is 0 Å². The Morgan fingerprint density at radius 3 is 2.89 bits per heavy atom. The lowest BCUT2D eigenvalue weighted by atomic mass is 10.2. The second kappa shape index (κ2) is 10.4. The zero-order valence-electron chi connectivity index (χ0n) is 16.4. The summed E-state index contributed by atoms with van der Waals surface area (Å²) in [6, 6.07) is 11.3. The molecule has 2 aromatic rings. The van der Waals surface area contributed by atoms with E-state index in [4.69, 9.17) is 4.99 Å². The van der Waals surface area contributed by atoms with E-state index < -0.39 is 0 Å². The largest absolute Gasteiger partial charge is 0.357 e. The van der Waals surface area contributed by atoms with Gasteiger partial charge in [-0.15, -0.1) is 11.3 Å². The molecule has 0 aliphatic carbocycles. The number of likely N-dealkylation sites (tertiary alicyclic amines) is 1. The monoisotopic (exact) mass is 385 g/mol. The van der Waals surface area contributed by atoms with Gasteiger partial charge in [0.15, 0.2) is 5.96 Å². The smallest absolute Gasteiger partial charge is 0.191 e. The van der Waals surface area contributed by atoms with Crippen LogP contribution in [0.15, 0.2) is 41.5 Å². The third-order valence-electron chi connectivity index (χ3n) is 4.83. The van der Waals surface area contributed by atoms with Crippen molar-refractivity contribution in [1.29, 1.82) is 0 Å². The number of nitrogens with one attached hydrogen (secondary N) is 2. The molecule has 0 saturated carbocycles. The number of rotatable bonds is 8. The Morgan fingerprint density at radius 2 is 2.15 bits per heavy atom. The SMILES string of the molecule is CCNC(=NCC1CCCN1Cc1ccccc1)NCCc1ncc(C)s1. The molecule has 146 valence electrons. The van der Waals surface area contributed by atoms with E-state index in [0.29, 0.717) is 6.04 Å². The molecule has 1 aromatic heterocycles. The average molecular weight is 386 g/mol. The second-order valence-corrected chi connectivity index (χ2v) is 8.33.